The first-order chi connectivity index (χ1) is 6.83. The summed E-state index contributed by atoms with van der Waals surface area (Å²) in [7, 11) is 0. The van der Waals surface area contributed by atoms with Crippen molar-refractivity contribution in [1.82, 2.24) is 4.57 Å². The number of carbonyl (C=O) groups excluding carboxylic acids is 1. The number of nitriles is 1. The third-order valence-corrected chi connectivity index (χ3v) is 1.49. The van der Waals surface area contributed by atoms with E-state index in [4.69, 9.17) is 10.00 Å². The maximum absolute atomic E-state index is 12.8. The fourth-order valence-corrected chi connectivity index (χ4v) is 0.979. The van der Waals surface area contributed by atoms with Crippen molar-refractivity contribution in [2.45, 2.75) is 26.4 Å². The highest BCUT2D eigenvalue weighted by atomic mass is 19.1. The quantitative estimate of drug-likeness (QED) is 0.660. The first kappa shape index (κ1) is 11.2. The van der Waals surface area contributed by atoms with Gasteiger partial charge in [0.2, 0.25) is 0 Å². The molecular weight excluding hydrogens is 199 g/mol. The molecule has 1 heterocycles. The van der Waals surface area contributed by atoms with Crippen molar-refractivity contribution in [3.63, 3.8) is 0 Å². The lowest BCUT2D eigenvalue weighted by Gasteiger charge is -2.19. The molecule has 0 aliphatic heterocycles. The van der Waals surface area contributed by atoms with Crippen LogP contribution in [0.4, 0.5) is 9.18 Å². The van der Waals surface area contributed by atoms with Crippen LogP contribution >= 0.6 is 0 Å². The number of rotatable bonds is 0. The molecule has 0 saturated carbocycles. The lowest BCUT2D eigenvalue weighted by Crippen LogP contribution is -2.27. The smallest absolute Gasteiger partial charge is 0.419 e. The Morgan fingerprint density at radius 3 is 2.67 bits per heavy atom. The zero-order chi connectivity index (χ0) is 11.6. The van der Waals surface area contributed by atoms with Gasteiger partial charge in [-0.2, -0.15) is 5.26 Å². The van der Waals surface area contributed by atoms with E-state index in [-0.39, 0.29) is 5.69 Å². The van der Waals surface area contributed by atoms with Gasteiger partial charge in [-0.3, -0.25) is 0 Å². The first-order valence-electron chi connectivity index (χ1n) is 4.35. The molecule has 0 radical (unpaired) electrons. The van der Waals surface area contributed by atoms with E-state index < -0.39 is 17.5 Å². The molecule has 15 heavy (non-hydrogen) atoms. The van der Waals surface area contributed by atoms with E-state index in [0.717, 1.165) is 16.8 Å². The summed E-state index contributed by atoms with van der Waals surface area (Å²) in [5.74, 6) is -0.641. The molecule has 80 valence electrons. The van der Waals surface area contributed by atoms with Crippen LogP contribution in [-0.4, -0.2) is 16.3 Å². The second-order valence-electron chi connectivity index (χ2n) is 4.01. The third kappa shape index (κ3) is 2.81. The molecule has 0 N–H and O–H groups in total. The van der Waals surface area contributed by atoms with Gasteiger partial charge in [-0.05, 0) is 20.8 Å². The highest BCUT2D eigenvalue weighted by Gasteiger charge is 2.20. The molecular formula is C10H11FN2O2. The van der Waals surface area contributed by atoms with E-state index in [1.165, 1.54) is 0 Å². The Hall–Kier alpha value is -1.83. The van der Waals surface area contributed by atoms with Crippen molar-refractivity contribution >= 4 is 6.09 Å². The lowest BCUT2D eigenvalue weighted by molar-refractivity contribution is 0.0535. The average molecular weight is 210 g/mol. The Morgan fingerprint density at radius 1 is 1.60 bits per heavy atom. The summed E-state index contributed by atoms with van der Waals surface area (Å²) >= 11 is 0. The van der Waals surface area contributed by atoms with Gasteiger partial charge in [-0.25, -0.2) is 13.8 Å². The van der Waals surface area contributed by atoms with Gasteiger partial charge in [0, 0.05) is 6.07 Å². The molecule has 1 aromatic heterocycles. The van der Waals surface area contributed by atoms with Crippen molar-refractivity contribution in [1.29, 1.82) is 5.26 Å². The Morgan fingerprint density at radius 2 is 2.20 bits per heavy atom. The zero-order valence-corrected chi connectivity index (χ0v) is 8.74. The van der Waals surface area contributed by atoms with Crippen LogP contribution in [0.25, 0.3) is 0 Å². The fourth-order valence-electron chi connectivity index (χ4n) is 0.979. The molecule has 4 nitrogen and oxygen atoms in total. The van der Waals surface area contributed by atoms with Crippen molar-refractivity contribution in [3.8, 4) is 6.07 Å². The number of carbonyl (C=O) groups is 1. The highest BCUT2D eigenvalue weighted by Crippen LogP contribution is 2.12. The molecule has 0 saturated heterocycles. The second kappa shape index (κ2) is 3.73. The van der Waals surface area contributed by atoms with E-state index >= 15 is 0 Å². The lowest BCUT2D eigenvalue weighted by atomic mass is 10.2. The summed E-state index contributed by atoms with van der Waals surface area (Å²) in [5, 5.41) is 8.63. The van der Waals surface area contributed by atoms with Crippen molar-refractivity contribution < 1.29 is 13.9 Å². The van der Waals surface area contributed by atoms with E-state index in [0.29, 0.717) is 0 Å². The third-order valence-electron chi connectivity index (χ3n) is 1.49. The number of halogens is 1. The van der Waals surface area contributed by atoms with Crippen LogP contribution in [0.5, 0.6) is 0 Å². The van der Waals surface area contributed by atoms with E-state index in [1.54, 1.807) is 26.8 Å². The molecule has 0 spiro atoms. The average Bonchev–Trinajstić information content (AvgIpc) is 2.43. The van der Waals surface area contributed by atoms with Crippen LogP contribution in [0.15, 0.2) is 12.3 Å². The zero-order valence-electron chi connectivity index (χ0n) is 8.74. The minimum absolute atomic E-state index is 0.0817. The van der Waals surface area contributed by atoms with Crippen LogP contribution in [0.1, 0.15) is 26.5 Å². The first-order valence-corrected chi connectivity index (χ1v) is 4.35. The van der Waals surface area contributed by atoms with Gasteiger partial charge in [-0.1, -0.05) is 0 Å². The largest absolute Gasteiger partial charge is 0.443 e. The number of nitrogens with zero attached hydrogens (tertiary/aromatic N) is 2. The Labute approximate surface area is 86.9 Å². The van der Waals surface area contributed by atoms with E-state index in [2.05, 4.69) is 0 Å². The normalized spacial score (nSPS) is 10.9. The summed E-state index contributed by atoms with van der Waals surface area (Å²) in [6.45, 7) is 5.07. The van der Waals surface area contributed by atoms with Gasteiger partial charge < -0.3 is 4.74 Å². The summed E-state index contributed by atoms with van der Waals surface area (Å²) < 4.78 is 18.6. The van der Waals surface area contributed by atoms with Gasteiger partial charge in [0.1, 0.15) is 23.2 Å². The summed E-state index contributed by atoms with van der Waals surface area (Å²) in [6, 6.07) is 2.68. The minimum atomic E-state index is -0.761. The molecule has 1 aromatic rings. The fraction of sp³-hybridized carbons (Fsp3) is 0.400. The minimum Gasteiger partial charge on any atom is -0.443 e. The Balaban J connectivity index is 2.97. The monoisotopic (exact) mass is 210 g/mol. The predicted molar refractivity (Wildman–Crippen MR) is 50.7 cm³/mol. The Bertz CT molecular complexity index is 424. The second-order valence-corrected chi connectivity index (χ2v) is 4.01. The van der Waals surface area contributed by atoms with Gasteiger partial charge in [-0.15, -0.1) is 0 Å². The van der Waals surface area contributed by atoms with Crippen LogP contribution in [-0.2, 0) is 4.74 Å². The molecule has 1 rings (SSSR count). The molecule has 0 atom stereocenters. The number of ether oxygens (including phenoxy) is 1. The summed E-state index contributed by atoms with van der Waals surface area (Å²) in [6.07, 6.45) is 0.162. The Kier molecular flexibility index (Phi) is 2.80. The highest BCUT2D eigenvalue weighted by molar-refractivity contribution is 5.73. The van der Waals surface area contributed by atoms with Crippen LogP contribution in [0.2, 0.25) is 0 Å². The molecule has 0 amide bonds. The van der Waals surface area contributed by atoms with Crippen molar-refractivity contribution in [3.05, 3.63) is 23.8 Å². The molecule has 0 bridgehead atoms. The van der Waals surface area contributed by atoms with Crippen molar-refractivity contribution in [2.75, 3.05) is 0 Å². The van der Waals surface area contributed by atoms with E-state index in [9.17, 15) is 9.18 Å². The molecule has 0 aliphatic carbocycles. The van der Waals surface area contributed by atoms with Crippen LogP contribution in [0.3, 0.4) is 0 Å². The number of aromatic nitrogens is 1. The van der Waals surface area contributed by atoms with Crippen LogP contribution in [0, 0.1) is 17.1 Å². The van der Waals surface area contributed by atoms with Gasteiger partial charge >= 0.3 is 6.09 Å². The SMILES string of the molecule is CC(C)(C)OC(=O)n1cc(F)cc1C#N. The van der Waals surface area contributed by atoms with Crippen molar-refractivity contribution in [2.24, 2.45) is 0 Å². The van der Waals surface area contributed by atoms with Crippen LogP contribution < -0.4 is 0 Å². The van der Waals surface area contributed by atoms with Gasteiger partial charge in [0.25, 0.3) is 0 Å². The number of hydrogen-bond acceptors (Lipinski definition) is 3. The predicted octanol–water partition coefficient (Wildman–Crippen LogP) is 2.28. The molecule has 0 unspecified atom stereocenters. The van der Waals surface area contributed by atoms with Gasteiger partial charge in [0.15, 0.2) is 0 Å². The molecule has 0 fully saturated rings. The molecule has 0 aromatic carbocycles. The summed E-state index contributed by atoms with van der Waals surface area (Å²) in [4.78, 5) is 11.5. The summed E-state index contributed by atoms with van der Waals surface area (Å²) in [5.41, 5.74) is -0.758. The van der Waals surface area contributed by atoms with E-state index in [1.807, 2.05) is 0 Å². The molecule has 5 heteroatoms. The maximum atomic E-state index is 12.8. The topological polar surface area (TPSA) is 55.0 Å². The van der Waals surface area contributed by atoms with Gasteiger partial charge in [0.05, 0.1) is 6.20 Å². The maximum Gasteiger partial charge on any atom is 0.419 e. The standard InChI is InChI=1S/C10H11FN2O2/c1-10(2,3)15-9(14)13-6-7(11)4-8(13)5-12/h4,6H,1-3H3. The number of hydrogen-bond donors (Lipinski definition) is 0. The molecule has 0 aliphatic rings.